The lowest BCUT2D eigenvalue weighted by Gasteiger charge is -2.09. The van der Waals surface area contributed by atoms with Crippen molar-refractivity contribution < 1.29 is 9.15 Å². The minimum atomic E-state index is 0. The Morgan fingerprint density at radius 1 is 0.917 bits per heavy atom. The van der Waals surface area contributed by atoms with Crippen LogP contribution in [0.4, 0.5) is 0 Å². The van der Waals surface area contributed by atoms with Gasteiger partial charge in [0.15, 0.2) is 0 Å². The summed E-state index contributed by atoms with van der Waals surface area (Å²) in [6.45, 7) is 1.97. The number of rotatable bonds is 7. The van der Waals surface area contributed by atoms with Crippen molar-refractivity contribution >= 4 is 24.0 Å². The summed E-state index contributed by atoms with van der Waals surface area (Å²) in [5, 5.41) is 4.06. The van der Waals surface area contributed by atoms with Crippen LogP contribution in [0, 0.1) is 0 Å². The van der Waals surface area contributed by atoms with Gasteiger partial charge in [0.25, 0.3) is 0 Å². The van der Waals surface area contributed by atoms with Crippen molar-refractivity contribution in [3.05, 3.63) is 88.8 Å². The molecule has 0 atom stereocenters. The summed E-state index contributed by atoms with van der Waals surface area (Å²) in [4.78, 5) is 0. The van der Waals surface area contributed by atoms with Crippen LogP contribution in [0.2, 0.25) is 5.02 Å². The molecular formula is C19H19Cl2NO2. The Labute approximate surface area is 153 Å². The van der Waals surface area contributed by atoms with E-state index in [1.54, 1.807) is 6.26 Å². The summed E-state index contributed by atoms with van der Waals surface area (Å²) in [7, 11) is 0. The normalized spacial score (nSPS) is 10.2. The molecule has 3 nitrogen and oxygen atoms in total. The van der Waals surface area contributed by atoms with E-state index >= 15 is 0 Å². The monoisotopic (exact) mass is 363 g/mol. The topological polar surface area (TPSA) is 34.4 Å². The molecule has 0 fully saturated rings. The predicted octanol–water partition coefficient (Wildman–Crippen LogP) is 5.22. The van der Waals surface area contributed by atoms with Crippen molar-refractivity contribution in [1.29, 1.82) is 0 Å². The van der Waals surface area contributed by atoms with Crippen molar-refractivity contribution in [2.24, 2.45) is 0 Å². The smallest absolute Gasteiger partial charge is 0.119 e. The molecule has 5 heteroatoms. The van der Waals surface area contributed by atoms with Crippen LogP contribution in [0.5, 0.6) is 5.75 Å². The molecule has 0 amide bonds. The minimum Gasteiger partial charge on any atom is -0.489 e. The largest absolute Gasteiger partial charge is 0.489 e. The second-order valence-corrected chi connectivity index (χ2v) is 5.61. The van der Waals surface area contributed by atoms with Crippen molar-refractivity contribution in [3.8, 4) is 5.75 Å². The molecule has 3 aromatic rings. The van der Waals surface area contributed by atoms with E-state index in [-0.39, 0.29) is 12.4 Å². The zero-order valence-corrected chi connectivity index (χ0v) is 14.6. The van der Waals surface area contributed by atoms with Crippen LogP contribution >= 0.6 is 24.0 Å². The molecule has 24 heavy (non-hydrogen) atoms. The third-order valence-corrected chi connectivity index (χ3v) is 3.85. The van der Waals surface area contributed by atoms with Crippen molar-refractivity contribution in [1.82, 2.24) is 5.32 Å². The number of furan rings is 1. The molecule has 1 aromatic heterocycles. The van der Waals surface area contributed by atoms with E-state index in [1.165, 1.54) is 5.56 Å². The first-order valence-corrected chi connectivity index (χ1v) is 7.87. The van der Waals surface area contributed by atoms with E-state index in [0.717, 1.165) is 35.2 Å². The third kappa shape index (κ3) is 5.31. The van der Waals surface area contributed by atoms with Crippen LogP contribution in [0.15, 0.2) is 71.3 Å². The van der Waals surface area contributed by atoms with E-state index in [9.17, 15) is 0 Å². The molecule has 0 unspecified atom stereocenters. The summed E-state index contributed by atoms with van der Waals surface area (Å²) < 4.78 is 11.1. The molecule has 0 radical (unpaired) electrons. The van der Waals surface area contributed by atoms with Gasteiger partial charge in [0.1, 0.15) is 18.1 Å². The van der Waals surface area contributed by atoms with Crippen molar-refractivity contribution in [3.63, 3.8) is 0 Å². The quantitative estimate of drug-likeness (QED) is 0.624. The van der Waals surface area contributed by atoms with Crippen LogP contribution in [-0.4, -0.2) is 0 Å². The number of hydrogen-bond donors (Lipinski definition) is 1. The summed E-state index contributed by atoms with van der Waals surface area (Å²) in [6, 6.07) is 19.6. The van der Waals surface area contributed by atoms with Gasteiger partial charge in [0.2, 0.25) is 0 Å². The van der Waals surface area contributed by atoms with Gasteiger partial charge in [-0.2, -0.15) is 0 Å². The lowest BCUT2D eigenvalue weighted by Crippen LogP contribution is -2.11. The summed E-state index contributed by atoms with van der Waals surface area (Å²) in [5.74, 6) is 1.77. The Hall–Kier alpha value is -1.94. The molecule has 0 bridgehead atoms. The Kier molecular flexibility index (Phi) is 7.19. The van der Waals surface area contributed by atoms with E-state index in [1.807, 2.05) is 48.5 Å². The number of ether oxygens (including phenoxy) is 1. The highest BCUT2D eigenvalue weighted by molar-refractivity contribution is 6.31. The fourth-order valence-electron chi connectivity index (χ4n) is 2.22. The molecular weight excluding hydrogens is 345 g/mol. The SMILES string of the molecule is Cl.Clc1ccccc1COc1ccc(CNCc2ccco2)cc1. The van der Waals surface area contributed by atoms with Crippen LogP contribution in [0.25, 0.3) is 0 Å². The fraction of sp³-hybridized carbons (Fsp3) is 0.158. The fourth-order valence-corrected chi connectivity index (χ4v) is 2.41. The molecule has 0 aliphatic rings. The van der Waals surface area contributed by atoms with Crippen molar-refractivity contribution in [2.75, 3.05) is 0 Å². The molecule has 0 saturated carbocycles. The van der Waals surface area contributed by atoms with Crippen LogP contribution in [0.1, 0.15) is 16.9 Å². The highest BCUT2D eigenvalue weighted by Crippen LogP contribution is 2.19. The van der Waals surface area contributed by atoms with Gasteiger partial charge in [0, 0.05) is 17.1 Å². The lowest BCUT2D eigenvalue weighted by molar-refractivity contribution is 0.306. The minimum absolute atomic E-state index is 0. The van der Waals surface area contributed by atoms with E-state index < -0.39 is 0 Å². The molecule has 3 rings (SSSR count). The van der Waals surface area contributed by atoms with Gasteiger partial charge in [-0.25, -0.2) is 0 Å². The predicted molar refractivity (Wildman–Crippen MR) is 98.7 cm³/mol. The number of benzene rings is 2. The maximum absolute atomic E-state index is 6.12. The van der Waals surface area contributed by atoms with E-state index in [0.29, 0.717) is 6.61 Å². The molecule has 0 saturated heterocycles. The second-order valence-electron chi connectivity index (χ2n) is 5.21. The maximum Gasteiger partial charge on any atom is 0.119 e. The molecule has 2 aromatic carbocycles. The molecule has 1 heterocycles. The Morgan fingerprint density at radius 3 is 2.42 bits per heavy atom. The van der Waals surface area contributed by atoms with Gasteiger partial charge in [0.05, 0.1) is 12.8 Å². The van der Waals surface area contributed by atoms with Gasteiger partial charge >= 0.3 is 0 Å². The molecule has 126 valence electrons. The number of nitrogens with one attached hydrogen (secondary N) is 1. The van der Waals surface area contributed by atoms with Crippen LogP contribution in [0.3, 0.4) is 0 Å². The molecule has 0 aliphatic carbocycles. The number of halogens is 2. The zero-order chi connectivity index (χ0) is 15.9. The third-order valence-electron chi connectivity index (χ3n) is 3.48. The van der Waals surface area contributed by atoms with Crippen LogP contribution < -0.4 is 10.1 Å². The zero-order valence-electron chi connectivity index (χ0n) is 13.1. The van der Waals surface area contributed by atoms with Gasteiger partial charge < -0.3 is 14.5 Å². The Bertz CT molecular complexity index is 727. The first-order chi connectivity index (χ1) is 11.3. The van der Waals surface area contributed by atoms with Crippen molar-refractivity contribution in [2.45, 2.75) is 19.7 Å². The second kappa shape index (κ2) is 9.38. The van der Waals surface area contributed by atoms with Gasteiger partial charge in [-0.05, 0) is 35.9 Å². The summed E-state index contributed by atoms with van der Waals surface area (Å²) in [6.07, 6.45) is 1.68. The molecule has 0 spiro atoms. The average Bonchev–Trinajstić information content (AvgIpc) is 3.09. The summed E-state index contributed by atoms with van der Waals surface area (Å²) >= 11 is 6.12. The van der Waals surface area contributed by atoms with E-state index in [2.05, 4.69) is 17.4 Å². The lowest BCUT2D eigenvalue weighted by atomic mass is 10.2. The molecule has 0 aliphatic heterocycles. The van der Waals surface area contributed by atoms with E-state index in [4.69, 9.17) is 20.8 Å². The van der Waals surface area contributed by atoms with Gasteiger partial charge in [-0.1, -0.05) is 41.9 Å². The highest BCUT2D eigenvalue weighted by Gasteiger charge is 2.01. The van der Waals surface area contributed by atoms with Gasteiger partial charge in [-0.15, -0.1) is 12.4 Å². The maximum atomic E-state index is 6.12. The standard InChI is InChI=1S/C19H18ClNO2.ClH/c20-19-6-2-1-4-16(19)14-23-17-9-7-15(8-10-17)12-21-13-18-5-3-11-22-18;/h1-11,21H,12-14H2;1H. The van der Waals surface area contributed by atoms with Crippen LogP contribution in [-0.2, 0) is 19.7 Å². The number of hydrogen-bond acceptors (Lipinski definition) is 3. The average molecular weight is 364 g/mol. The Balaban J connectivity index is 0.00000208. The van der Waals surface area contributed by atoms with Gasteiger partial charge in [-0.3, -0.25) is 0 Å². The molecule has 1 N–H and O–H groups in total. The Morgan fingerprint density at radius 2 is 1.71 bits per heavy atom. The highest BCUT2D eigenvalue weighted by atomic mass is 35.5. The first kappa shape index (κ1) is 18.4. The summed E-state index contributed by atoms with van der Waals surface area (Å²) in [5.41, 5.74) is 2.18. The first-order valence-electron chi connectivity index (χ1n) is 7.49.